The van der Waals surface area contributed by atoms with E-state index in [1.807, 2.05) is 44.4 Å². The van der Waals surface area contributed by atoms with Gasteiger partial charge in [-0.3, -0.25) is 9.48 Å². The van der Waals surface area contributed by atoms with Gasteiger partial charge in [0.25, 0.3) is 0 Å². The van der Waals surface area contributed by atoms with Crippen LogP contribution in [0.25, 0.3) is 0 Å². The maximum Gasteiger partial charge on any atom is 0.248 e. The molecule has 1 aliphatic rings. The van der Waals surface area contributed by atoms with Crippen LogP contribution >= 0.6 is 0 Å². The molecule has 110 valence electrons. The lowest BCUT2D eigenvalue weighted by Gasteiger charge is -2.27. The highest BCUT2D eigenvalue weighted by atomic mass is 16.2. The number of amides is 1. The van der Waals surface area contributed by atoms with Gasteiger partial charge in [0.1, 0.15) is 6.04 Å². The van der Waals surface area contributed by atoms with E-state index in [1.165, 1.54) is 0 Å². The molecule has 0 spiro atoms. The van der Waals surface area contributed by atoms with Crippen molar-refractivity contribution >= 4 is 23.0 Å². The van der Waals surface area contributed by atoms with Crippen LogP contribution in [-0.4, -0.2) is 28.3 Å². The van der Waals surface area contributed by atoms with Gasteiger partial charge in [-0.1, -0.05) is 19.1 Å². The molecule has 3 N–H and O–H groups in total. The van der Waals surface area contributed by atoms with Gasteiger partial charge in [-0.2, -0.15) is 5.10 Å². The third-order valence-electron chi connectivity index (χ3n) is 3.57. The first-order chi connectivity index (χ1) is 10.2. The molecular formula is C15H19N5O. The summed E-state index contributed by atoms with van der Waals surface area (Å²) >= 11 is 0. The van der Waals surface area contributed by atoms with E-state index in [0.29, 0.717) is 6.54 Å². The number of nitrogens with one attached hydrogen (secondary N) is 3. The first-order valence-corrected chi connectivity index (χ1v) is 7.10. The van der Waals surface area contributed by atoms with Gasteiger partial charge in [0.2, 0.25) is 5.91 Å². The Hall–Kier alpha value is -2.50. The minimum absolute atomic E-state index is 0.0558. The fourth-order valence-corrected chi connectivity index (χ4v) is 2.49. The quantitative estimate of drug-likeness (QED) is 0.804. The molecule has 1 aliphatic heterocycles. The summed E-state index contributed by atoms with van der Waals surface area (Å²) in [5, 5.41) is 13.8. The first kappa shape index (κ1) is 13.5. The van der Waals surface area contributed by atoms with Crippen LogP contribution in [-0.2, 0) is 18.3 Å². The Kier molecular flexibility index (Phi) is 3.51. The number of rotatable bonds is 3. The highest BCUT2D eigenvalue weighted by molar-refractivity contribution is 5.98. The van der Waals surface area contributed by atoms with E-state index in [-0.39, 0.29) is 11.9 Å². The fraction of sp³-hybridized carbons (Fsp3) is 0.333. The largest absolute Gasteiger partial charge is 0.381 e. The Bertz CT molecular complexity index is 664. The van der Waals surface area contributed by atoms with Crippen molar-refractivity contribution in [2.45, 2.75) is 19.4 Å². The Balaban J connectivity index is 1.72. The lowest BCUT2D eigenvalue weighted by Crippen LogP contribution is -2.42. The molecule has 1 aromatic heterocycles. The van der Waals surface area contributed by atoms with Crippen LogP contribution in [0.3, 0.4) is 0 Å². The van der Waals surface area contributed by atoms with Crippen LogP contribution in [0, 0.1) is 0 Å². The smallest absolute Gasteiger partial charge is 0.248 e. The lowest BCUT2D eigenvalue weighted by molar-refractivity contribution is -0.116. The van der Waals surface area contributed by atoms with Gasteiger partial charge in [0.15, 0.2) is 0 Å². The minimum Gasteiger partial charge on any atom is -0.381 e. The van der Waals surface area contributed by atoms with Crippen molar-refractivity contribution in [3.63, 3.8) is 0 Å². The molecular weight excluding hydrogens is 266 g/mol. The van der Waals surface area contributed by atoms with Crippen molar-refractivity contribution in [3.05, 3.63) is 36.2 Å². The van der Waals surface area contributed by atoms with Crippen LogP contribution in [0.4, 0.5) is 17.1 Å². The molecule has 1 amide bonds. The van der Waals surface area contributed by atoms with Crippen molar-refractivity contribution in [1.82, 2.24) is 9.78 Å². The number of fused-ring (bicyclic) bond motifs is 1. The van der Waals surface area contributed by atoms with E-state index in [9.17, 15) is 4.79 Å². The van der Waals surface area contributed by atoms with E-state index in [2.05, 4.69) is 21.0 Å². The van der Waals surface area contributed by atoms with Crippen molar-refractivity contribution in [2.75, 3.05) is 22.5 Å². The molecule has 0 bridgehead atoms. The average molecular weight is 285 g/mol. The van der Waals surface area contributed by atoms with E-state index in [4.69, 9.17) is 0 Å². The Morgan fingerprint density at radius 3 is 2.95 bits per heavy atom. The second kappa shape index (κ2) is 5.47. The number of carbonyl (C=O) groups is 1. The van der Waals surface area contributed by atoms with Crippen molar-refractivity contribution < 1.29 is 4.79 Å². The zero-order chi connectivity index (χ0) is 14.8. The van der Waals surface area contributed by atoms with Crippen LogP contribution in [0.1, 0.15) is 12.6 Å². The van der Waals surface area contributed by atoms with Gasteiger partial charge in [0, 0.05) is 19.8 Å². The molecule has 21 heavy (non-hydrogen) atoms. The summed E-state index contributed by atoms with van der Waals surface area (Å²) in [5.74, 6) is -0.0558. The van der Waals surface area contributed by atoms with Gasteiger partial charge in [-0.25, -0.2) is 0 Å². The molecule has 0 saturated carbocycles. The van der Waals surface area contributed by atoms with E-state index >= 15 is 0 Å². The molecule has 1 atom stereocenters. The lowest BCUT2D eigenvalue weighted by atomic mass is 10.1. The second-order valence-electron chi connectivity index (χ2n) is 5.13. The topological polar surface area (TPSA) is 71.0 Å². The van der Waals surface area contributed by atoms with Gasteiger partial charge in [0.05, 0.1) is 22.8 Å². The van der Waals surface area contributed by atoms with Gasteiger partial charge in [-0.15, -0.1) is 0 Å². The molecule has 2 aromatic rings. The molecule has 0 aliphatic carbocycles. The van der Waals surface area contributed by atoms with Crippen molar-refractivity contribution in [3.8, 4) is 0 Å². The van der Waals surface area contributed by atoms with Crippen LogP contribution in [0.2, 0.25) is 0 Å². The van der Waals surface area contributed by atoms with Gasteiger partial charge in [-0.05, 0) is 18.6 Å². The maximum atomic E-state index is 12.4. The summed E-state index contributed by atoms with van der Waals surface area (Å²) in [7, 11) is 1.85. The number of benzene rings is 1. The summed E-state index contributed by atoms with van der Waals surface area (Å²) in [6.07, 6.45) is 2.62. The molecule has 0 saturated heterocycles. The average Bonchev–Trinajstić information content (AvgIpc) is 2.86. The number of aromatic nitrogens is 2. The van der Waals surface area contributed by atoms with Gasteiger partial charge < -0.3 is 16.0 Å². The first-order valence-electron chi connectivity index (χ1n) is 7.10. The van der Waals surface area contributed by atoms with E-state index in [1.54, 1.807) is 4.68 Å². The number of nitrogens with zero attached hydrogens (tertiary/aromatic N) is 2. The molecule has 0 fully saturated rings. The van der Waals surface area contributed by atoms with E-state index < -0.39 is 0 Å². The van der Waals surface area contributed by atoms with E-state index in [0.717, 1.165) is 29.2 Å². The summed E-state index contributed by atoms with van der Waals surface area (Å²) in [6, 6.07) is 7.57. The Morgan fingerprint density at radius 2 is 2.19 bits per heavy atom. The Morgan fingerprint density at radius 1 is 1.43 bits per heavy atom. The summed E-state index contributed by atoms with van der Waals surface area (Å²) in [4.78, 5) is 12.4. The normalized spacial score (nSPS) is 16.6. The van der Waals surface area contributed by atoms with Crippen molar-refractivity contribution in [2.24, 2.45) is 7.05 Å². The Labute approximate surface area is 123 Å². The highest BCUT2D eigenvalue weighted by Gasteiger charge is 2.24. The molecule has 6 heteroatoms. The summed E-state index contributed by atoms with van der Waals surface area (Å²) in [5.41, 5.74) is 3.66. The maximum absolute atomic E-state index is 12.4. The van der Waals surface area contributed by atoms with Crippen LogP contribution in [0.5, 0.6) is 0 Å². The predicted octanol–water partition coefficient (Wildman–Crippen LogP) is 1.83. The fourth-order valence-electron chi connectivity index (χ4n) is 2.49. The third kappa shape index (κ3) is 2.69. The number of carbonyl (C=O) groups excluding carboxylic acids is 1. The minimum atomic E-state index is -0.301. The van der Waals surface area contributed by atoms with Crippen molar-refractivity contribution in [1.29, 1.82) is 0 Å². The number of aryl methyl sites for hydroxylation is 2. The number of para-hydroxylation sites is 2. The molecule has 0 radical (unpaired) electrons. The summed E-state index contributed by atoms with van der Waals surface area (Å²) < 4.78 is 1.72. The zero-order valence-electron chi connectivity index (χ0n) is 12.2. The van der Waals surface area contributed by atoms with Crippen LogP contribution < -0.4 is 16.0 Å². The molecule has 1 aromatic carbocycles. The SMILES string of the molecule is CCc1nn(C)cc1NC(=O)C1CNc2ccccc2N1. The summed E-state index contributed by atoms with van der Waals surface area (Å²) in [6.45, 7) is 2.58. The molecule has 1 unspecified atom stereocenters. The zero-order valence-corrected chi connectivity index (χ0v) is 12.2. The molecule has 3 rings (SSSR count). The predicted molar refractivity (Wildman–Crippen MR) is 83.6 cm³/mol. The highest BCUT2D eigenvalue weighted by Crippen LogP contribution is 2.25. The number of hydrogen-bond acceptors (Lipinski definition) is 4. The van der Waals surface area contributed by atoms with Crippen LogP contribution in [0.15, 0.2) is 30.5 Å². The number of anilines is 3. The second-order valence-corrected chi connectivity index (χ2v) is 5.13. The van der Waals surface area contributed by atoms with Gasteiger partial charge >= 0.3 is 0 Å². The molecule has 2 heterocycles. The monoisotopic (exact) mass is 285 g/mol. The third-order valence-corrected chi connectivity index (χ3v) is 3.57. The number of hydrogen-bond donors (Lipinski definition) is 3. The standard InChI is InChI=1S/C15H19N5O/c1-3-10-14(9-20(2)19-10)18-15(21)13-8-16-11-6-4-5-7-12(11)17-13/h4-7,9,13,16-17H,3,8H2,1-2H3,(H,18,21). The molecule has 6 nitrogen and oxygen atoms in total.